The van der Waals surface area contributed by atoms with E-state index in [1.807, 2.05) is 18.3 Å². The molecule has 15 heavy (non-hydrogen) atoms. The molecule has 1 aromatic heterocycles. The summed E-state index contributed by atoms with van der Waals surface area (Å²) in [5.74, 6) is 0.812. The summed E-state index contributed by atoms with van der Waals surface area (Å²) in [7, 11) is 1.88. The number of nitrogens with zero attached hydrogens (tertiary/aromatic N) is 3. The lowest BCUT2D eigenvalue weighted by atomic mass is 10.3. The summed E-state index contributed by atoms with van der Waals surface area (Å²) in [6.07, 6.45) is 1.85. The minimum atomic E-state index is 0.299. The van der Waals surface area contributed by atoms with Crippen LogP contribution in [0.25, 0.3) is 0 Å². The van der Waals surface area contributed by atoms with Crippen molar-refractivity contribution in [3.8, 4) is 0 Å². The van der Waals surface area contributed by atoms with Crippen LogP contribution in [-0.4, -0.2) is 26.7 Å². The van der Waals surface area contributed by atoms with E-state index in [1.165, 1.54) is 0 Å². The van der Waals surface area contributed by atoms with Crippen molar-refractivity contribution >= 4 is 18.1 Å². The number of amidine groups is 1. The van der Waals surface area contributed by atoms with Crippen LogP contribution in [0, 0.1) is 4.64 Å². The molecule has 0 fully saturated rings. The lowest BCUT2D eigenvalue weighted by Crippen LogP contribution is -2.45. The Morgan fingerprint density at radius 1 is 1.47 bits per heavy atom. The van der Waals surface area contributed by atoms with E-state index in [0.29, 0.717) is 6.04 Å². The molecule has 1 aromatic rings. The predicted octanol–water partition coefficient (Wildman–Crippen LogP) is 0.477. The van der Waals surface area contributed by atoms with E-state index in [9.17, 15) is 0 Å². The third-order valence-corrected chi connectivity index (χ3v) is 2.75. The Labute approximate surface area is 92.9 Å². The Morgan fingerprint density at radius 2 is 2.20 bits per heavy atom. The van der Waals surface area contributed by atoms with Gasteiger partial charge in [-0.05, 0) is 13.8 Å². The molecule has 1 aliphatic rings. The van der Waals surface area contributed by atoms with Gasteiger partial charge >= 0.3 is 0 Å². The van der Waals surface area contributed by atoms with Gasteiger partial charge in [-0.15, -0.1) is 10.6 Å². The van der Waals surface area contributed by atoms with Gasteiger partial charge in [-0.3, -0.25) is 9.69 Å². The lowest BCUT2D eigenvalue weighted by Gasteiger charge is -2.22. The second-order valence-electron chi connectivity index (χ2n) is 3.67. The molecule has 0 saturated carbocycles. The topological polar surface area (TPSA) is 60.4 Å². The number of hydrogen-bond acceptors (Lipinski definition) is 5. The highest BCUT2D eigenvalue weighted by atomic mass is 32.1. The quantitative estimate of drug-likeness (QED) is 0.642. The minimum absolute atomic E-state index is 0.299. The van der Waals surface area contributed by atoms with E-state index in [-0.39, 0.29) is 0 Å². The van der Waals surface area contributed by atoms with Crippen molar-refractivity contribution in [1.29, 1.82) is 0 Å². The average molecular weight is 226 g/mol. The van der Waals surface area contributed by atoms with Crippen LogP contribution >= 0.6 is 12.2 Å². The van der Waals surface area contributed by atoms with Crippen molar-refractivity contribution in [3.05, 3.63) is 16.4 Å². The first-order valence-corrected chi connectivity index (χ1v) is 5.14. The number of hydrazine groups is 2. The number of nitrogens with one attached hydrogen (secondary N) is 3. The molecular weight excluding hydrogens is 212 g/mol. The van der Waals surface area contributed by atoms with E-state index < -0.39 is 0 Å². The number of hydrogen-bond donors (Lipinski definition) is 3. The molecule has 0 unspecified atom stereocenters. The number of aromatic amines is 1. The fraction of sp³-hybridized carbons (Fsp3) is 0.500. The van der Waals surface area contributed by atoms with Crippen molar-refractivity contribution < 1.29 is 0 Å². The van der Waals surface area contributed by atoms with Crippen LogP contribution in [0.15, 0.2) is 11.3 Å². The Kier molecular flexibility index (Phi) is 2.49. The molecule has 7 heteroatoms. The first kappa shape index (κ1) is 10.2. The molecule has 1 aliphatic heterocycles. The number of aromatic nitrogens is 2. The molecule has 0 amide bonds. The van der Waals surface area contributed by atoms with E-state index >= 15 is 0 Å². The van der Waals surface area contributed by atoms with Crippen molar-refractivity contribution in [1.82, 2.24) is 25.9 Å². The molecule has 82 valence electrons. The van der Waals surface area contributed by atoms with Gasteiger partial charge in [-0.25, -0.2) is 5.53 Å². The highest BCUT2D eigenvalue weighted by Gasteiger charge is 2.23. The maximum absolute atomic E-state index is 5.27. The Hall–Kier alpha value is -1.34. The van der Waals surface area contributed by atoms with E-state index in [1.54, 1.807) is 4.68 Å². The van der Waals surface area contributed by atoms with Crippen molar-refractivity contribution in [3.63, 3.8) is 0 Å². The molecule has 0 aromatic carbocycles. The third-order valence-electron chi connectivity index (χ3n) is 2.26. The molecule has 3 N–H and O–H groups in total. The maximum atomic E-state index is 5.27. The summed E-state index contributed by atoms with van der Waals surface area (Å²) >= 11 is 5.27. The number of rotatable bonds is 2. The largest absolute Gasteiger partial charge is 0.304 e. The lowest BCUT2D eigenvalue weighted by molar-refractivity contribution is 0.246. The summed E-state index contributed by atoms with van der Waals surface area (Å²) in [5, 5.41) is 9.12. The predicted molar refractivity (Wildman–Crippen MR) is 60.4 cm³/mol. The summed E-state index contributed by atoms with van der Waals surface area (Å²) in [5.41, 5.74) is 6.60. The first-order valence-electron chi connectivity index (χ1n) is 4.73. The zero-order chi connectivity index (χ0) is 11.0. The van der Waals surface area contributed by atoms with Crippen molar-refractivity contribution in [2.45, 2.75) is 19.9 Å². The SMILES string of the molecule is CC(C)N1NNN=C1c1c[nH]n(C)c1=S. The summed E-state index contributed by atoms with van der Waals surface area (Å²) in [4.78, 5) is 0. The van der Waals surface area contributed by atoms with Crippen LogP contribution in [0.5, 0.6) is 0 Å². The van der Waals surface area contributed by atoms with E-state index in [4.69, 9.17) is 12.2 Å². The Balaban J connectivity index is 2.39. The molecule has 6 nitrogen and oxygen atoms in total. The fourth-order valence-corrected chi connectivity index (χ4v) is 1.63. The number of hydrazone groups is 1. The Bertz CT molecular complexity index is 442. The van der Waals surface area contributed by atoms with Crippen LogP contribution in [-0.2, 0) is 7.05 Å². The van der Waals surface area contributed by atoms with Gasteiger partial charge in [-0.1, -0.05) is 12.2 Å². The second-order valence-corrected chi connectivity index (χ2v) is 4.06. The third kappa shape index (κ3) is 1.64. The number of H-pyrrole nitrogens is 1. The highest BCUT2D eigenvalue weighted by Crippen LogP contribution is 2.10. The van der Waals surface area contributed by atoms with Crippen LogP contribution < -0.4 is 11.1 Å². The first-order chi connectivity index (χ1) is 7.11. The molecular formula is C8H14N6S. The fourth-order valence-electron chi connectivity index (χ4n) is 1.42. The zero-order valence-electron chi connectivity index (χ0n) is 8.90. The monoisotopic (exact) mass is 226 g/mol. The van der Waals surface area contributed by atoms with Crippen LogP contribution in [0.4, 0.5) is 0 Å². The normalized spacial score (nSPS) is 15.7. The molecule has 0 spiro atoms. The summed E-state index contributed by atoms with van der Waals surface area (Å²) in [6.45, 7) is 4.15. The minimum Gasteiger partial charge on any atom is -0.304 e. The number of aryl methyl sites for hydroxylation is 1. The molecule has 2 rings (SSSR count). The van der Waals surface area contributed by atoms with Crippen molar-refractivity contribution in [2.75, 3.05) is 0 Å². The van der Waals surface area contributed by atoms with Gasteiger partial charge < -0.3 is 5.10 Å². The molecule has 0 aliphatic carbocycles. The highest BCUT2D eigenvalue weighted by molar-refractivity contribution is 7.71. The smallest absolute Gasteiger partial charge is 0.177 e. The molecule has 0 saturated heterocycles. The maximum Gasteiger partial charge on any atom is 0.177 e. The van der Waals surface area contributed by atoms with Gasteiger partial charge in [0.15, 0.2) is 5.84 Å². The average Bonchev–Trinajstić information content (AvgIpc) is 2.75. The van der Waals surface area contributed by atoms with Gasteiger partial charge in [0.1, 0.15) is 4.64 Å². The second kappa shape index (κ2) is 3.67. The van der Waals surface area contributed by atoms with Gasteiger partial charge in [-0.2, -0.15) is 0 Å². The summed E-state index contributed by atoms with van der Waals surface area (Å²) < 4.78 is 2.52. The van der Waals surface area contributed by atoms with Crippen LogP contribution in [0.3, 0.4) is 0 Å². The van der Waals surface area contributed by atoms with E-state index in [2.05, 4.69) is 35.1 Å². The van der Waals surface area contributed by atoms with Gasteiger partial charge in [0.2, 0.25) is 0 Å². The standard InChI is InChI=1S/C8H14N6S/c1-5(2)14-7(10-11-12-14)6-4-9-13(3)8(6)15/h4-5,9,11-12H,1-3H3. The Morgan fingerprint density at radius 3 is 2.73 bits per heavy atom. The van der Waals surface area contributed by atoms with Crippen molar-refractivity contribution in [2.24, 2.45) is 12.1 Å². The molecule has 0 bridgehead atoms. The van der Waals surface area contributed by atoms with E-state index in [0.717, 1.165) is 16.0 Å². The summed E-state index contributed by atoms with van der Waals surface area (Å²) in [6, 6.07) is 0.299. The zero-order valence-corrected chi connectivity index (χ0v) is 9.72. The van der Waals surface area contributed by atoms with Crippen LogP contribution in [0.2, 0.25) is 0 Å². The van der Waals surface area contributed by atoms with Gasteiger partial charge in [0.25, 0.3) is 0 Å². The van der Waals surface area contributed by atoms with Gasteiger partial charge in [0.05, 0.1) is 5.56 Å². The molecule has 0 atom stereocenters. The molecule has 2 heterocycles. The van der Waals surface area contributed by atoms with Crippen LogP contribution in [0.1, 0.15) is 19.4 Å². The van der Waals surface area contributed by atoms with Gasteiger partial charge in [0, 0.05) is 19.3 Å². The molecule has 0 radical (unpaired) electrons.